The van der Waals surface area contributed by atoms with Gasteiger partial charge in [-0.1, -0.05) is 20.3 Å². The lowest BCUT2D eigenvalue weighted by molar-refractivity contribution is -0.130. The highest BCUT2D eigenvalue weighted by Gasteiger charge is 2.25. The van der Waals surface area contributed by atoms with Crippen LogP contribution >= 0.6 is 11.6 Å². The number of hydrogen-bond acceptors (Lipinski definition) is 3. The number of amides is 2. The van der Waals surface area contributed by atoms with Crippen LogP contribution in [0.1, 0.15) is 38.9 Å². The van der Waals surface area contributed by atoms with Gasteiger partial charge in [0, 0.05) is 12.3 Å². The first-order valence-corrected chi connectivity index (χ1v) is 7.77. The van der Waals surface area contributed by atoms with Gasteiger partial charge in [-0.2, -0.15) is 0 Å². The number of nitrogens with one attached hydrogen (secondary N) is 2. The van der Waals surface area contributed by atoms with Crippen LogP contribution in [0.25, 0.3) is 0 Å². The highest BCUT2D eigenvalue weighted by molar-refractivity contribution is 6.17. The zero-order chi connectivity index (χ0) is 15.7. The number of alkyl halides is 1. The summed E-state index contributed by atoms with van der Waals surface area (Å²) < 4.78 is 5.17. The molecule has 0 bridgehead atoms. The summed E-state index contributed by atoms with van der Waals surface area (Å²) >= 11 is 5.57. The van der Waals surface area contributed by atoms with Crippen molar-refractivity contribution in [3.63, 3.8) is 0 Å². The Bertz CT molecular complexity index is 434. The number of halogens is 1. The number of hydrogen-bond donors (Lipinski definition) is 2. The van der Waals surface area contributed by atoms with Gasteiger partial charge in [-0.3, -0.25) is 9.59 Å². The van der Waals surface area contributed by atoms with E-state index in [-0.39, 0.29) is 17.7 Å². The number of furan rings is 1. The number of rotatable bonds is 9. The molecule has 6 heteroatoms. The van der Waals surface area contributed by atoms with Crippen molar-refractivity contribution >= 4 is 23.4 Å². The summed E-state index contributed by atoms with van der Waals surface area (Å²) in [5.41, 5.74) is 0. The van der Waals surface area contributed by atoms with E-state index in [2.05, 4.69) is 10.6 Å². The molecule has 21 heavy (non-hydrogen) atoms. The SMILES string of the molecule is CCC(C)C(NC(=O)CCCCl)C(=O)NCc1ccco1. The number of carbonyl (C=O) groups is 2. The summed E-state index contributed by atoms with van der Waals surface area (Å²) in [5, 5.41) is 5.58. The Morgan fingerprint density at radius 3 is 2.76 bits per heavy atom. The van der Waals surface area contributed by atoms with Gasteiger partial charge in [-0.05, 0) is 24.5 Å². The predicted molar refractivity (Wildman–Crippen MR) is 81.9 cm³/mol. The molecule has 0 aliphatic carbocycles. The first kappa shape index (κ1) is 17.6. The van der Waals surface area contributed by atoms with Crippen molar-refractivity contribution in [2.24, 2.45) is 5.92 Å². The zero-order valence-corrected chi connectivity index (χ0v) is 13.3. The Morgan fingerprint density at radius 2 is 2.19 bits per heavy atom. The van der Waals surface area contributed by atoms with Gasteiger partial charge in [-0.25, -0.2) is 0 Å². The number of carbonyl (C=O) groups excluding carboxylic acids is 2. The Labute approximate surface area is 130 Å². The van der Waals surface area contributed by atoms with Crippen LogP contribution < -0.4 is 10.6 Å². The average molecular weight is 315 g/mol. The average Bonchev–Trinajstić information content (AvgIpc) is 3.00. The third kappa shape index (κ3) is 6.21. The molecule has 118 valence electrons. The molecular formula is C15H23ClN2O3. The summed E-state index contributed by atoms with van der Waals surface area (Å²) in [7, 11) is 0. The maximum atomic E-state index is 12.3. The van der Waals surface area contributed by atoms with Crippen molar-refractivity contribution in [2.45, 2.75) is 45.7 Å². The molecule has 2 unspecified atom stereocenters. The Hall–Kier alpha value is -1.49. The molecule has 0 aliphatic rings. The van der Waals surface area contributed by atoms with Gasteiger partial charge in [0.15, 0.2) is 0 Å². The molecule has 0 saturated heterocycles. The van der Waals surface area contributed by atoms with E-state index in [0.29, 0.717) is 31.0 Å². The molecule has 0 spiro atoms. The Balaban J connectivity index is 2.54. The van der Waals surface area contributed by atoms with Gasteiger partial charge in [0.2, 0.25) is 11.8 Å². The highest BCUT2D eigenvalue weighted by Crippen LogP contribution is 2.09. The van der Waals surface area contributed by atoms with Crippen molar-refractivity contribution in [2.75, 3.05) is 5.88 Å². The lowest BCUT2D eigenvalue weighted by Gasteiger charge is -2.23. The van der Waals surface area contributed by atoms with E-state index in [0.717, 1.165) is 6.42 Å². The van der Waals surface area contributed by atoms with Crippen molar-refractivity contribution < 1.29 is 14.0 Å². The van der Waals surface area contributed by atoms with E-state index < -0.39 is 6.04 Å². The minimum absolute atomic E-state index is 0.0570. The molecule has 1 aromatic rings. The lowest BCUT2D eigenvalue weighted by Crippen LogP contribution is -2.50. The Morgan fingerprint density at radius 1 is 1.43 bits per heavy atom. The summed E-state index contributed by atoms with van der Waals surface area (Å²) in [4.78, 5) is 24.1. The van der Waals surface area contributed by atoms with E-state index >= 15 is 0 Å². The fourth-order valence-corrected chi connectivity index (χ4v) is 2.01. The summed E-state index contributed by atoms with van der Waals surface area (Å²) in [6, 6.07) is 3.02. The second-order valence-corrected chi connectivity index (χ2v) is 5.40. The van der Waals surface area contributed by atoms with Crippen LogP contribution in [0, 0.1) is 5.92 Å². The molecule has 0 aromatic carbocycles. The normalized spacial score (nSPS) is 13.5. The van der Waals surface area contributed by atoms with Crippen LogP contribution in [-0.2, 0) is 16.1 Å². The highest BCUT2D eigenvalue weighted by atomic mass is 35.5. The van der Waals surface area contributed by atoms with Gasteiger partial charge in [-0.15, -0.1) is 11.6 Å². The molecule has 0 saturated carbocycles. The molecular weight excluding hydrogens is 292 g/mol. The van der Waals surface area contributed by atoms with Crippen LogP contribution in [0.4, 0.5) is 0 Å². The molecule has 2 N–H and O–H groups in total. The van der Waals surface area contributed by atoms with Crippen LogP contribution in [0.5, 0.6) is 0 Å². The van der Waals surface area contributed by atoms with Crippen LogP contribution in [-0.4, -0.2) is 23.7 Å². The largest absolute Gasteiger partial charge is 0.467 e. The monoisotopic (exact) mass is 314 g/mol. The second-order valence-electron chi connectivity index (χ2n) is 5.02. The lowest BCUT2D eigenvalue weighted by atomic mass is 9.98. The van der Waals surface area contributed by atoms with Crippen molar-refractivity contribution in [1.29, 1.82) is 0 Å². The molecule has 1 heterocycles. The molecule has 0 radical (unpaired) electrons. The second kappa shape index (κ2) is 9.45. The molecule has 5 nitrogen and oxygen atoms in total. The maximum Gasteiger partial charge on any atom is 0.243 e. The van der Waals surface area contributed by atoms with Crippen LogP contribution in [0.3, 0.4) is 0 Å². The molecule has 0 aliphatic heterocycles. The minimum atomic E-state index is -0.534. The van der Waals surface area contributed by atoms with E-state index in [9.17, 15) is 9.59 Å². The first-order chi connectivity index (χ1) is 10.1. The Kier molecular flexibility index (Phi) is 7.90. The smallest absolute Gasteiger partial charge is 0.243 e. The fraction of sp³-hybridized carbons (Fsp3) is 0.600. The van der Waals surface area contributed by atoms with Gasteiger partial charge in [0.05, 0.1) is 12.8 Å². The van der Waals surface area contributed by atoms with Gasteiger partial charge in [0.25, 0.3) is 0 Å². The third-order valence-corrected chi connectivity index (χ3v) is 3.63. The third-order valence-electron chi connectivity index (χ3n) is 3.37. The molecule has 1 rings (SSSR count). The van der Waals surface area contributed by atoms with Crippen LogP contribution in [0.2, 0.25) is 0 Å². The van der Waals surface area contributed by atoms with Gasteiger partial charge < -0.3 is 15.1 Å². The molecule has 1 aromatic heterocycles. The topological polar surface area (TPSA) is 71.3 Å². The molecule has 2 atom stereocenters. The maximum absolute atomic E-state index is 12.3. The van der Waals surface area contributed by atoms with Crippen molar-refractivity contribution in [3.05, 3.63) is 24.2 Å². The van der Waals surface area contributed by atoms with E-state index in [1.54, 1.807) is 18.4 Å². The quantitative estimate of drug-likeness (QED) is 0.688. The van der Waals surface area contributed by atoms with E-state index in [1.165, 1.54) is 0 Å². The van der Waals surface area contributed by atoms with Crippen molar-refractivity contribution in [1.82, 2.24) is 10.6 Å². The zero-order valence-electron chi connectivity index (χ0n) is 12.5. The first-order valence-electron chi connectivity index (χ1n) is 7.23. The van der Waals surface area contributed by atoms with Crippen molar-refractivity contribution in [3.8, 4) is 0 Å². The standard InChI is InChI=1S/C15H23ClN2O3/c1-3-11(2)14(18-13(19)7-4-8-16)15(20)17-10-12-6-5-9-21-12/h5-6,9,11,14H,3-4,7-8,10H2,1-2H3,(H,17,20)(H,18,19). The van der Waals surface area contributed by atoms with Gasteiger partial charge in [0.1, 0.15) is 11.8 Å². The van der Waals surface area contributed by atoms with E-state index in [4.69, 9.17) is 16.0 Å². The predicted octanol–water partition coefficient (Wildman–Crippen LogP) is 2.45. The summed E-state index contributed by atoms with van der Waals surface area (Å²) in [5.74, 6) is 0.835. The van der Waals surface area contributed by atoms with E-state index in [1.807, 2.05) is 13.8 Å². The molecule has 0 fully saturated rings. The van der Waals surface area contributed by atoms with Gasteiger partial charge >= 0.3 is 0 Å². The minimum Gasteiger partial charge on any atom is -0.467 e. The fourth-order valence-electron chi connectivity index (χ4n) is 1.87. The molecule has 2 amide bonds. The summed E-state index contributed by atoms with van der Waals surface area (Å²) in [6.45, 7) is 4.25. The summed E-state index contributed by atoms with van der Waals surface area (Å²) in [6.07, 6.45) is 3.30. The van der Waals surface area contributed by atoms with Crippen LogP contribution in [0.15, 0.2) is 22.8 Å².